The molecule has 1 N–H and O–H groups in total. The maximum atomic E-state index is 12.3. The van der Waals surface area contributed by atoms with E-state index in [-0.39, 0.29) is 11.8 Å². The van der Waals surface area contributed by atoms with E-state index >= 15 is 0 Å². The quantitative estimate of drug-likeness (QED) is 0.514. The molecule has 8 heteroatoms. The molecule has 2 rings (SSSR count). The highest BCUT2D eigenvalue weighted by Crippen LogP contribution is 2.14. The molecular formula is C18H28N4O2S2. The second-order valence-corrected chi connectivity index (χ2v) is 8.32. The molecule has 0 bridgehead atoms. The fourth-order valence-corrected chi connectivity index (χ4v) is 3.76. The van der Waals surface area contributed by atoms with Gasteiger partial charge in [0.25, 0.3) is 0 Å². The molecular weight excluding hydrogens is 368 g/mol. The summed E-state index contributed by atoms with van der Waals surface area (Å²) in [6.45, 7) is 7.08. The minimum atomic E-state index is -0.0482. The summed E-state index contributed by atoms with van der Waals surface area (Å²) < 4.78 is 0. The number of carbonyl (C=O) groups excluding carboxylic acids is 2. The SMILES string of the molecule is CC(=S)CCCCCC(=O)N1CCN(CC(=O)Nc2nc(C)cs2)CC1. The molecule has 0 saturated carbocycles. The molecule has 1 fully saturated rings. The molecule has 0 radical (unpaired) electrons. The summed E-state index contributed by atoms with van der Waals surface area (Å²) in [6.07, 6.45) is 4.64. The fourth-order valence-electron chi connectivity index (χ4n) is 2.91. The first-order valence-electron chi connectivity index (χ1n) is 9.15. The van der Waals surface area contributed by atoms with E-state index in [1.807, 2.05) is 24.1 Å². The third-order valence-corrected chi connectivity index (χ3v) is 5.46. The number of thiazole rings is 1. The summed E-state index contributed by atoms with van der Waals surface area (Å²) in [6, 6.07) is 0. The Bertz CT molecular complexity index is 624. The van der Waals surface area contributed by atoms with Crippen molar-refractivity contribution in [2.45, 2.75) is 46.0 Å². The number of hydrogen-bond acceptors (Lipinski definition) is 6. The highest BCUT2D eigenvalue weighted by molar-refractivity contribution is 7.80. The van der Waals surface area contributed by atoms with E-state index in [9.17, 15) is 9.59 Å². The van der Waals surface area contributed by atoms with Crippen LogP contribution in [0.25, 0.3) is 0 Å². The molecule has 1 aromatic rings. The van der Waals surface area contributed by atoms with Crippen molar-refractivity contribution in [1.82, 2.24) is 14.8 Å². The number of nitrogens with zero attached hydrogens (tertiary/aromatic N) is 3. The van der Waals surface area contributed by atoms with E-state index in [2.05, 4.69) is 15.2 Å². The maximum Gasteiger partial charge on any atom is 0.240 e. The van der Waals surface area contributed by atoms with Gasteiger partial charge >= 0.3 is 0 Å². The zero-order chi connectivity index (χ0) is 18.9. The Labute approximate surface area is 165 Å². The summed E-state index contributed by atoms with van der Waals surface area (Å²) in [5.74, 6) is 0.180. The first kappa shape index (κ1) is 20.9. The van der Waals surface area contributed by atoms with E-state index in [0.29, 0.717) is 31.2 Å². The van der Waals surface area contributed by atoms with Gasteiger partial charge in [0.05, 0.1) is 12.2 Å². The molecule has 2 amide bonds. The van der Waals surface area contributed by atoms with Crippen LogP contribution in [0.2, 0.25) is 0 Å². The number of amides is 2. The third-order valence-electron chi connectivity index (χ3n) is 4.38. The van der Waals surface area contributed by atoms with E-state index in [1.54, 1.807) is 0 Å². The van der Waals surface area contributed by atoms with Crippen LogP contribution >= 0.6 is 23.6 Å². The zero-order valence-electron chi connectivity index (χ0n) is 15.6. The Morgan fingerprint density at radius 1 is 1.19 bits per heavy atom. The summed E-state index contributed by atoms with van der Waals surface area (Å²) in [7, 11) is 0. The normalized spacial score (nSPS) is 15.1. The fraction of sp³-hybridized carbons (Fsp3) is 0.667. The Morgan fingerprint density at radius 3 is 2.50 bits per heavy atom. The van der Waals surface area contributed by atoms with E-state index in [1.165, 1.54) is 11.3 Å². The minimum absolute atomic E-state index is 0.0482. The van der Waals surface area contributed by atoms with Crippen molar-refractivity contribution in [2.24, 2.45) is 0 Å². The summed E-state index contributed by atoms with van der Waals surface area (Å²) in [5, 5.41) is 5.39. The highest BCUT2D eigenvalue weighted by Gasteiger charge is 2.22. The highest BCUT2D eigenvalue weighted by atomic mass is 32.1. The van der Waals surface area contributed by atoms with Crippen LogP contribution in [0.15, 0.2) is 5.38 Å². The van der Waals surface area contributed by atoms with E-state index < -0.39 is 0 Å². The lowest BCUT2D eigenvalue weighted by Gasteiger charge is -2.34. The van der Waals surface area contributed by atoms with Crippen LogP contribution in [-0.2, 0) is 9.59 Å². The van der Waals surface area contributed by atoms with Crippen LogP contribution in [0, 0.1) is 6.92 Å². The number of anilines is 1. The molecule has 0 atom stereocenters. The van der Waals surface area contributed by atoms with E-state index in [0.717, 1.165) is 49.3 Å². The number of nitrogens with one attached hydrogen (secondary N) is 1. The second-order valence-electron chi connectivity index (χ2n) is 6.76. The third kappa shape index (κ3) is 7.47. The zero-order valence-corrected chi connectivity index (χ0v) is 17.3. The first-order chi connectivity index (χ1) is 12.4. The van der Waals surface area contributed by atoms with E-state index in [4.69, 9.17) is 12.2 Å². The van der Waals surface area contributed by atoms with Gasteiger partial charge < -0.3 is 10.2 Å². The van der Waals surface area contributed by atoms with Gasteiger partial charge in [0, 0.05) is 38.0 Å². The van der Waals surface area contributed by atoms with Crippen LogP contribution in [-0.4, -0.2) is 64.2 Å². The molecule has 0 aromatic carbocycles. The van der Waals surface area contributed by atoms with Gasteiger partial charge in [0.2, 0.25) is 11.8 Å². The molecule has 0 aliphatic carbocycles. The molecule has 0 unspecified atom stereocenters. The van der Waals surface area contributed by atoms with Crippen molar-refractivity contribution in [3.8, 4) is 0 Å². The van der Waals surface area contributed by atoms with Gasteiger partial charge in [-0.25, -0.2) is 4.98 Å². The van der Waals surface area contributed by atoms with Crippen LogP contribution in [0.1, 0.15) is 44.7 Å². The summed E-state index contributed by atoms with van der Waals surface area (Å²) >= 11 is 6.50. The van der Waals surface area contributed by atoms with Crippen molar-refractivity contribution >= 4 is 45.4 Å². The van der Waals surface area contributed by atoms with Gasteiger partial charge in [-0.1, -0.05) is 18.6 Å². The Hall–Kier alpha value is -1.38. The average Bonchev–Trinajstić information content (AvgIpc) is 2.99. The molecule has 6 nitrogen and oxygen atoms in total. The number of thiocarbonyl (C=S) groups is 1. The number of aryl methyl sites for hydroxylation is 1. The van der Waals surface area contributed by atoms with Gasteiger partial charge in [-0.3, -0.25) is 14.5 Å². The molecule has 0 spiro atoms. The molecule has 26 heavy (non-hydrogen) atoms. The number of carbonyl (C=O) groups is 2. The van der Waals surface area contributed by atoms with Gasteiger partial charge in [-0.2, -0.15) is 0 Å². The van der Waals surface area contributed by atoms with Gasteiger partial charge in [-0.05, 0) is 38.0 Å². The lowest BCUT2D eigenvalue weighted by Crippen LogP contribution is -2.50. The molecule has 1 saturated heterocycles. The lowest BCUT2D eigenvalue weighted by molar-refractivity contribution is -0.133. The summed E-state index contributed by atoms with van der Waals surface area (Å²) in [5.41, 5.74) is 0.912. The molecule has 2 heterocycles. The molecule has 1 aliphatic heterocycles. The van der Waals surface area contributed by atoms with Gasteiger partial charge in [0.15, 0.2) is 5.13 Å². The largest absolute Gasteiger partial charge is 0.340 e. The standard InChI is InChI=1S/C18H28N4O2S2/c1-14-13-26-18(19-14)20-16(23)12-21-8-10-22(11-9-21)17(24)7-5-3-4-6-15(2)25/h13H,3-12H2,1-2H3,(H,19,20,23). The van der Waals surface area contributed by atoms with Crippen LogP contribution < -0.4 is 5.32 Å². The van der Waals surface area contributed by atoms with Crippen LogP contribution in [0.5, 0.6) is 0 Å². The minimum Gasteiger partial charge on any atom is -0.340 e. The molecule has 1 aromatic heterocycles. The molecule has 144 valence electrons. The topological polar surface area (TPSA) is 65.5 Å². The number of rotatable bonds is 9. The van der Waals surface area contributed by atoms with Crippen LogP contribution in [0.4, 0.5) is 5.13 Å². The van der Waals surface area contributed by atoms with Crippen molar-refractivity contribution < 1.29 is 9.59 Å². The molecule has 1 aliphatic rings. The predicted molar refractivity (Wildman–Crippen MR) is 110 cm³/mol. The van der Waals surface area contributed by atoms with Gasteiger partial charge in [-0.15, -0.1) is 11.3 Å². The smallest absolute Gasteiger partial charge is 0.240 e. The Kier molecular flexibility index (Phi) is 8.61. The first-order valence-corrected chi connectivity index (χ1v) is 10.4. The predicted octanol–water partition coefficient (Wildman–Crippen LogP) is 2.87. The van der Waals surface area contributed by atoms with Crippen molar-refractivity contribution in [3.63, 3.8) is 0 Å². The van der Waals surface area contributed by atoms with Crippen molar-refractivity contribution in [1.29, 1.82) is 0 Å². The number of piperazine rings is 1. The summed E-state index contributed by atoms with van der Waals surface area (Å²) in [4.78, 5) is 33.6. The number of aromatic nitrogens is 1. The Balaban J connectivity index is 1.61. The van der Waals surface area contributed by atoms with Crippen LogP contribution in [0.3, 0.4) is 0 Å². The average molecular weight is 397 g/mol. The number of hydrogen-bond donors (Lipinski definition) is 1. The van der Waals surface area contributed by atoms with Gasteiger partial charge in [0.1, 0.15) is 0 Å². The number of unbranched alkanes of at least 4 members (excludes halogenated alkanes) is 2. The van der Waals surface area contributed by atoms with Crippen molar-refractivity contribution in [3.05, 3.63) is 11.1 Å². The maximum absolute atomic E-state index is 12.3. The second kappa shape index (κ2) is 10.7. The Morgan fingerprint density at radius 2 is 1.88 bits per heavy atom. The monoisotopic (exact) mass is 396 g/mol. The van der Waals surface area contributed by atoms with Crippen molar-refractivity contribution in [2.75, 3.05) is 38.0 Å². The lowest BCUT2D eigenvalue weighted by atomic mass is 10.1.